The van der Waals surface area contributed by atoms with Gasteiger partial charge >= 0.3 is 0 Å². The van der Waals surface area contributed by atoms with E-state index < -0.39 is 0 Å². The molecular weight excluding hydrogens is 277 g/mol. The van der Waals surface area contributed by atoms with Gasteiger partial charge in [0.1, 0.15) is 0 Å². The second-order valence-corrected chi connectivity index (χ2v) is 6.18. The fraction of sp³-hybridized carbons (Fsp3) is 0.364. The van der Waals surface area contributed by atoms with Crippen LogP contribution in [-0.2, 0) is 6.42 Å². The van der Waals surface area contributed by atoms with Gasteiger partial charge in [0.25, 0.3) is 0 Å². The van der Waals surface area contributed by atoms with Crippen LogP contribution in [0.2, 0.25) is 9.49 Å². The number of hydrogen-bond donors (Lipinski definition) is 1. The average Bonchev–Trinajstić information content (AvgIpc) is 2.85. The molecule has 0 saturated carbocycles. The lowest BCUT2D eigenvalue weighted by molar-refractivity contribution is 0.418. The lowest BCUT2D eigenvalue weighted by Gasteiger charge is -2.23. The smallest absolute Gasteiger partial charge is 0.153 e. The number of hydrogen-bond acceptors (Lipinski definition) is 3. The molecule has 0 bridgehead atoms. The van der Waals surface area contributed by atoms with E-state index in [-0.39, 0.29) is 6.17 Å². The number of halogens is 2. The highest BCUT2D eigenvalue weighted by Crippen LogP contribution is 2.37. The summed E-state index contributed by atoms with van der Waals surface area (Å²) in [5.74, 6) is 0.842. The largest absolute Gasteiger partial charge is 0.311 e. The van der Waals surface area contributed by atoms with Crippen molar-refractivity contribution in [3.8, 4) is 10.7 Å². The minimum atomic E-state index is -0.0328. The average molecular weight is 288 g/mol. The van der Waals surface area contributed by atoms with Gasteiger partial charge in [-0.3, -0.25) is 0 Å². The molecule has 0 aromatic carbocycles. The fourth-order valence-electron chi connectivity index (χ4n) is 2.24. The number of imidazole rings is 1. The summed E-state index contributed by atoms with van der Waals surface area (Å²) in [6.07, 6.45) is 2.94. The van der Waals surface area contributed by atoms with Crippen molar-refractivity contribution in [1.29, 1.82) is 0 Å². The molecule has 0 amide bonds. The summed E-state index contributed by atoms with van der Waals surface area (Å²) >= 11 is 13.6. The first-order valence-electron chi connectivity index (χ1n) is 5.44. The molecule has 1 aliphatic rings. The van der Waals surface area contributed by atoms with E-state index in [1.54, 1.807) is 0 Å². The number of rotatable bonds is 1. The molecule has 2 aromatic rings. The molecule has 3 nitrogen and oxygen atoms in total. The Bertz CT molecular complexity index is 561. The van der Waals surface area contributed by atoms with Crippen LogP contribution in [-0.4, -0.2) is 9.55 Å². The number of nitrogens with two attached hydrogens (primary N) is 1. The van der Waals surface area contributed by atoms with Crippen LogP contribution in [0.5, 0.6) is 0 Å². The minimum absolute atomic E-state index is 0.0328. The van der Waals surface area contributed by atoms with Crippen LogP contribution in [0.4, 0.5) is 0 Å². The van der Waals surface area contributed by atoms with E-state index in [0.717, 1.165) is 40.0 Å². The van der Waals surface area contributed by atoms with Gasteiger partial charge in [0.2, 0.25) is 0 Å². The molecule has 1 aliphatic heterocycles. The third kappa shape index (κ3) is 1.89. The molecule has 17 heavy (non-hydrogen) atoms. The maximum atomic E-state index is 6.17. The maximum Gasteiger partial charge on any atom is 0.153 e. The molecule has 0 fully saturated rings. The zero-order chi connectivity index (χ0) is 12.0. The molecule has 6 heteroatoms. The zero-order valence-corrected chi connectivity index (χ0v) is 11.3. The third-order valence-corrected chi connectivity index (χ3v) is 4.53. The molecular formula is C11H11Cl2N3S. The summed E-state index contributed by atoms with van der Waals surface area (Å²) in [6, 6.07) is 3.83. The van der Waals surface area contributed by atoms with Gasteiger partial charge in [-0.05, 0) is 31.4 Å². The van der Waals surface area contributed by atoms with Crippen molar-refractivity contribution in [2.75, 3.05) is 0 Å². The third-order valence-electron chi connectivity index (χ3n) is 3.00. The normalized spacial score (nSPS) is 19.4. The van der Waals surface area contributed by atoms with E-state index in [4.69, 9.17) is 28.9 Å². The molecule has 0 saturated heterocycles. The van der Waals surface area contributed by atoms with E-state index in [0.29, 0.717) is 5.15 Å². The Morgan fingerprint density at radius 2 is 2.24 bits per heavy atom. The first kappa shape index (κ1) is 11.5. The second kappa shape index (κ2) is 4.28. The van der Waals surface area contributed by atoms with Crippen molar-refractivity contribution < 1.29 is 0 Å². The SMILES string of the molecule is NC1CCCc2c(Cl)nc(-c3ccc(Cl)s3)n21. The molecule has 2 aromatic heterocycles. The maximum absolute atomic E-state index is 6.17. The van der Waals surface area contributed by atoms with Crippen LogP contribution >= 0.6 is 34.5 Å². The topological polar surface area (TPSA) is 43.8 Å². The van der Waals surface area contributed by atoms with Crippen LogP contribution in [0.25, 0.3) is 10.7 Å². The van der Waals surface area contributed by atoms with Gasteiger partial charge in [0.05, 0.1) is 21.1 Å². The molecule has 2 N–H and O–H groups in total. The Labute approximate surface area is 113 Å². The minimum Gasteiger partial charge on any atom is -0.311 e. The van der Waals surface area contributed by atoms with E-state index in [1.165, 1.54) is 11.3 Å². The Kier molecular flexibility index (Phi) is 2.91. The van der Waals surface area contributed by atoms with Crippen molar-refractivity contribution >= 4 is 34.5 Å². The molecule has 1 unspecified atom stereocenters. The Hall–Kier alpha value is -0.550. The van der Waals surface area contributed by atoms with E-state index in [9.17, 15) is 0 Å². The quantitative estimate of drug-likeness (QED) is 0.869. The number of fused-ring (bicyclic) bond motifs is 1. The van der Waals surface area contributed by atoms with E-state index in [2.05, 4.69) is 4.98 Å². The molecule has 1 atom stereocenters. The highest BCUT2D eigenvalue weighted by Gasteiger charge is 2.25. The lowest BCUT2D eigenvalue weighted by Crippen LogP contribution is -2.25. The van der Waals surface area contributed by atoms with Crippen molar-refractivity contribution in [3.63, 3.8) is 0 Å². The van der Waals surface area contributed by atoms with Crippen molar-refractivity contribution in [3.05, 3.63) is 27.3 Å². The standard InChI is InChI=1S/C11H11Cl2N3S/c12-8-5-4-7(17-8)11-15-10(13)6-2-1-3-9(14)16(6)11/h4-5,9H,1-3,14H2. The van der Waals surface area contributed by atoms with Crippen molar-refractivity contribution in [2.24, 2.45) is 5.73 Å². The van der Waals surface area contributed by atoms with Gasteiger partial charge in [-0.2, -0.15) is 0 Å². The molecule has 90 valence electrons. The lowest BCUT2D eigenvalue weighted by atomic mass is 10.1. The molecule has 3 heterocycles. The number of thiophene rings is 1. The Morgan fingerprint density at radius 3 is 2.94 bits per heavy atom. The van der Waals surface area contributed by atoms with Gasteiger partial charge in [0, 0.05) is 0 Å². The fourth-order valence-corrected chi connectivity index (χ4v) is 3.53. The van der Waals surface area contributed by atoms with Gasteiger partial charge < -0.3 is 10.3 Å². The first-order valence-corrected chi connectivity index (χ1v) is 7.02. The molecule has 0 radical (unpaired) electrons. The van der Waals surface area contributed by atoms with Crippen molar-refractivity contribution in [2.45, 2.75) is 25.4 Å². The summed E-state index contributed by atoms with van der Waals surface area (Å²) in [4.78, 5) is 5.44. The highest BCUT2D eigenvalue weighted by atomic mass is 35.5. The van der Waals surface area contributed by atoms with Gasteiger partial charge in [-0.25, -0.2) is 4.98 Å². The molecule has 3 rings (SSSR count). The van der Waals surface area contributed by atoms with Crippen LogP contribution in [0.1, 0.15) is 24.7 Å². The zero-order valence-electron chi connectivity index (χ0n) is 8.99. The Morgan fingerprint density at radius 1 is 1.41 bits per heavy atom. The summed E-state index contributed by atoms with van der Waals surface area (Å²) in [6.45, 7) is 0. The monoisotopic (exact) mass is 287 g/mol. The number of aromatic nitrogens is 2. The predicted molar refractivity (Wildman–Crippen MR) is 71.7 cm³/mol. The highest BCUT2D eigenvalue weighted by molar-refractivity contribution is 7.19. The first-order chi connectivity index (χ1) is 8.16. The summed E-state index contributed by atoms with van der Waals surface area (Å²) in [5, 5.41) is 0.569. The summed E-state index contributed by atoms with van der Waals surface area (Å²) in [5.41, 5.74) is 7.19. The second-order valence-electron chi connectivity index (χ2n) is 4.11. The van der Waals surface area contributed by atoms with Gasteiger partial charge in [-0.1, -0.05) is 23.2 Å². The van der Waals surface area contributed by atoms with E-state index in [1.807, 2.05) is 16.7 Å². The summed E-state index contributed by atoms with van der Waals surface area (Å²) < 4.78 is 2.80. The molecule has 0 spiro atoms. The molecule has 0 aliphatic carbocycles. The van der Waals surface area contributed by atoms with Gasteiger partial charge in [0.15, 0.2) is 11.0 Å². The number of nitrogens with zero attached hydrogens (tertiary/aromatic N) is 2. The van der Waals surface area contributed by atoms with Gasteiger partial charge in [-0.15, -0.1) is 11.3 Å². The van der Waals surface area contributed by atoms with Crippen LogP contribution < -0.4 is 5.73 Å². The van der Waals surface area contributed by atoms with Crippen LogP contribution in [0.3, 0.4) is 0 Å². The predicted octanol–water partition coefficient (Wildman–Crippen LogP) is 3.71. The van der Waals surface area contributed by atoms with Crippen LogP contribution in [0.15, 0.2) is 12.1 Å². The Balaban J connectivity index is 2.18. The van der Waals surface area contributed by atoms with E-state index >= 15 is 0 Å². The van der Waals surface area contributed by atoms with Crippen molar-refractivity contribution in [1.82, 2.24) is 9.55 Å². The summed E-state index contributed by atoms with van der Waals surface area (Å²) in [7, 11) is 0. The van der Waals surface area contributed by atoms with Crippen LogP contribution in [0, 0.1) is 0 Å².